The summed E-state index contributed by atoms with van der Waals surface area (Å²) in [6, 6.07) is 4.98. The van der Waals surface area contributed by atoms with Crippen LogP contribution in [0.5, 0.6) is 0 Å². The molecule has 1 aromatic carbocycles. The number of nitrogens with two attached hydrogens (primary N) is 1. The maximum atomic E-state index is 13.0. The first kappa shape index (κ1) is 18.4. The number of nitrogens with zero attached hydrogens (tertiary/aromatic N) is 2. The summed E-state index contributed by atoms with van der Waals surface area (Å²) in [6.45, 7) is 2.82. The molecule has 1 aliphatic rings. The molecule has 0 radical (unpaired) electrons. The van der Waals surface area contributed by atoms with Gasteiger partial charge in [0.2, 0.25) is 0 Å². The fraction of sp³-hybridized carbons (Fsp3) is 0.444. The predicted molar refractivity (Wildman–Crippen MR) is 91.1 cm³/mol. The number of alkyl halides is 3. The summed E-state index contributed by atoms with van der Waals surface area (Å²) in [6.07, 6.45) is -1.22. The molecule has 1 amide bonds. The standard InChI is InChI=1S/C18H21F3N4O/c1-11(8-22)9-23-17(26)15-10-24-25(16(15)12-5-6-12)14-4-2-3-13(7-14)18(19,20)21/h2-4,7,10-12H,5-6,8-9,22H2,1H3,(H,23,26). The minimum Gasteiger partial charge on any atom is -0.352 e. The van der Waals surface area contributed by atoms with E-state index in [1.54, 1.807) is 6.07 Å². The van der Waals surface area contributed by atoms with E-state index in [-0.39, 0.29) is 17.7 Å². The predicted octanol–water partition coefficient (Wildman–Crippen LogP) is 3.09. The van der Waals surface area contributed by atoms with Crippen LogP contribution in [0.3, 0.4) is 0 Å². The SMILES string of the molecule is CC(CN)CNC(=O)c1cnn(-c2cccc(C(F)(F)F)c2)c1C1CC1. The van der Waals surface area contributed by atoms with Gasteiger partial charge in [-0.2, -0.15) is 18.3 Å². The van der Waals surface area contributed by atoms with E-state index in [0.717, 1.165) is 25.0 Å². The molecule has 0 bridgehead atoms. The van der Waals surface area contributed by atoms with Crippen molar-refractivity contribution in [3.05, 3.63) is 47.3 Å². The summed E-state index contributed by atoms with van der Waals surface area (Å²) in [5.41, 5.74) is 6.20. The molecule has 140 valence electrons. The van der Waals surface area contributed by atoms with Crippen LogP contribution < -0.4 is 11.1 Å². The van der Waals surface area contributed by atoms with E-state index in [9.17, 15) is 18.0 Å². The van der Waals surface area contributed by atoms with Gasteiger partial charge >= 0.3 is 6.18 Å². The van der Waals surface area contributed by atoms with E-state index in [0.29, 0.717) is 30.0 Å². The zero-order valence-electron chi connectivity index (χ0n) is 14.4. The Hall–Kier alpha value is -2.35. The third kappa shape index (κ3) is 3.90. The highest BCUT2D eigenvalue weighted by molar-refractivity contribution is 5.95. The van der Waals surface area contributed by atoms with E-state index in [1.807, 2.05) is 6.92 Å². The molecule has 1 saturated carbocycles. The lowest BCUT2D eigenvalue weighted by Gasteiger charge is -2.13. The summed E-state index contributed by atoms with van der Waals surface area (Å²) < 4.78 is 40.4. The smallest absolute Gasteiger partial charge is 0.352 e. The van der Waals surface area contributed by atoms with Crippen LogP contribution in [0.2, 0.25) is 0 Å². The van der Waals surface area contributed by atoms with Gasteiger partial charge in [-0.05, 0) is 43.5 Å². The molecule has 0 spiro atoms. The van der Waals surface area contributed by atoms with Crippen LogP contribution in [0.15, 0.2) is 30.5 Å². The second-order valence-corrected chi connectivity index (χ2v) is 6.73. The summed E-state index contributed by atoms with van der Waals surface area (Å²) in [5, 5.41) is 7.02. The molecule has 26 heavy (non-hydrogen) atoms. The molecule has 0 aliphatic heterocycles. The van der Waals surface area contributed by atoms with Gasteiger partial charge in [-0.25, -0.2) is 4.68 Å². The molecule has 3 rings (SSSR count). The number of nitrogens with one attached hydrogen (secondary N) is 1. The van der Waals surface area contributed by atoms with Crippen LogP contribution in [0.1, 0.15) is 47.3 Å². The van der Waals surface area contributed by atoms with Gasteiger partial charge in [0.15, 0.2) is 0 Å². The van der Waals surface area contributed by atoms with Crippen LogP contribution >= 0.6 is 0 Å². The van der Waals surface area contributed by atoms with Crippen molar-refractivity contribution in [2.45, 2.75) is 31.9 Å². The van der Waals surface area contributed by atoms with E-state index in [2.05, 4.69) is 10.4 Å². The van der Waals surface area contributed by atoms with Crippen molar-refractivity contribution < 1.29 is 18.0 Å². The van der Waals surface area contributed by atoms with Gasteiger partial charge in [0.25, 0.3) is 5.91 Å². The molecule has 1 unspecified atom stereocenters. The number of rotatable bonds is 6. The molecule has 3 N–H and O–H groups in total. The quantitative estimate of drug-likeness (QED) is 0.825. The maximum Gasteiger partial charge on any atom is 0.416 e. The van der Waals surface area contributed by atoms with Gasteiger partial charge in [0, 0.05) is 12.5 Å². The average Bonchev–Trinajstić information content (AvgIpc) is 3.36. The lowest BCUT2D eigenvalue weighted by molar-refractivity contribution is -0.137. The van der Waals surface area contributed by atoms with Crippen molar-refractivity contribution in [2.75, 3.05) is 13.1 Å². The number of hydrogen-bond donors (Lipinski definition) is 2. The van der Waals surface area contributed by atoms with Crippen LogP contribution in [0.25, 0.3) is 5.69 Å². The van der Waals surface area contributed by atoms with Gasteiger partial charge in [0.1, 0.15) is 0 Å². The van der Waals surface area contributed by atoms with Crippen molar-refractivity contribution in [2.24, 2.45) is 11.7 Å². The van der Waals surface area contributed by atoms with Crippen molar-refractivity contribution >= 4 is 5.91 Å². The lowest BCUT2D eigenvalue weighted by atomic mass is 10.1. The molecule has 8 heteroatoms. The average molecular weight is 366 g/mol. The maximum absolute atomic E-state index is 13.0. The van der Waals surface area contributed by atoms with Crippen molar-refractivity contribution in [1.29, 1.82) is 0 Å². The fourth-order valence-electron chi connectivity index (χ4n) is 2.75. The number of carbonyl (C=O) groups is 1. The fourth-order valence-corrected chi connectivity index (χ4v) is 2.75. The number of carbonyl (C=O) groups excluding carboxylic acids is 1. The lowest BCUT2D eigenvalue weighted by Crippen LogP contribution is -2.31. The molecule has 1 atom stereocenters. The van der Waals surface area contributed by atoms with Crippen LogP contribution in [0, 0.1) is 5.92 Å². The third-order valence-corrected chi connectivity index (χ3v) is 4.45. The first-order chi connectivity index (χ1) is 12.3. The number of benzene rings is 1. The van der Waals surface area contributed by atoms with Gasteiger partial charge in [-0.15, -0.1) is 0 Å². The number of amides is 1. The summed E-state index contributed by atoms with van der Waals surface area (Å²) >= 11 is 0. The molecule has 1 aromatic heterocycles. The highest BCUT2D eigenvalue weighted by Gasteiger charge is 2.34. The summed E-state index contributed by atoms with van der Waals surface area (Å²) in [5.74, 6) is 0.00647. The van der Waals surface area contributed by atoms with Crippen LogP contribution in [-0.4, -0.2) is 28.8 Å². The van der Waals surface area contributed by atoms with Gasteiger partial charge < -0.3 is 11.1 Å². The molecule has 0 saturated heterocycles. The third-order valence-electron chi connectivity index (χ3n) is 4.45. The Balaban J connectivity index is 1.92. The molecule has 1 fully saturated rings. The van der Waals surface area contributed by atoms with Crippen molar-refractivity contribution in [1.82, 2.24) is 15.1 Å². The van der Waals surface area contributed by atoms with E-state index >= 15 is 0 Å². The molecular weight excluding hydrogens is 345 g/mol. The zero-order valence-corrected chi connectivity index (χ0v) is 14.4. The van der Waals surface area contributed by atoms with E-state index in [1.165, 1.54) is 16.9 Å². The Kier molecular flexibility index (Phi) is 5.04. The first-order valence-corrected chi connectivity index (χ1v) is 8.55. The first-order valence-electron chi connectivity index (χ1n) is 8.55. The van der Waals surface area contributed by atoms with Crippen LogP contribution in [0.4, 0.5) is 13.2 Å². The Morgan fingerprint density at radius 3 is 2.77 bits per heavy atom. The summed E-state index contributed by atoms with van der Waals surface area (Å²) in [7, 11) is 0. The Morgan fingerprint density at radius 2 is 2.15 bits per heavy atom. The number of aromatic nitrogens is 2. The highest BCUT2D eigenvalue weighted by atomic mass is 19.4. The topological polar surface area (TPSA) is 72.9 Å². The van der Waals surface area contributed by atoms with Gasteiger partial charge in [0.05, 0.1) is 28.7 Å². The second kappa shape index (κ2) is 7.11. The van der Waals surface area contributed by atoms with Crippen molar-refractivity contribution in [3.8, 4) is 5.69 Å². The largest absolute Gasteiger partial charge is 0.416 e. The molecule has 2 aromatic rings. The van der Waals surface area contributed by atoms with Crippen molar-refractivity contribution in [3.63, 3.8) is 0 Å². The highest BCUT2D eigenvalue weighted by Crippen LogP contribution is 2.42. The van der Waals surface area contributed by atoms with Gasteiger partial charge in [-0.1, -0.05) is 13.0 Å². The summed E-state index contributed by atoms with van der Waals surface area (Å²) in [4.78, 5) is 12.5. The van der Waals surface area contributed by atoms with Gasteiger partial charge in [-0.3, -0.25) is 4.79 Å². The molecule has 1 heterocycles. The molecular formula is C18H21F3N4O. The normalized spacial score (nSPS) is 15.7. The van der Waals surface area contributed by atoms with E-state index in [4.69, 9.17) is 5.73 Å². The minimum atomic E-state index is -4.43. The minimum absolute atomic E-state index is 0.139. The Bertz CT molecular complexity index is 796. The monoisotopic (exact) mass is 366 g/mol. The number of hydrogen-bond acceptors (Lipinski definition) is 3. The van der Waals surface area contributed by atoms with E-state index < -0.39 is 11.7 Å². The Morgan fingerprint density at radius 1 is 1.42 bits per heavy atom. The molecule has 1 aliphatic carbocycles. The second-order valence-electron chi connectivity index (χ2n) is 6.73. The van der Waals surface area contributed by atoms with Crippen LogP contribution in [-0.2, 0) is 6.18 Å². The zero-order chi connectivity index (χ0) is 18.9. The molecule has 5 nitrogen and oxygen atoms in total. The Labute approximate surface area is 149 Å². The number of halogens is 3.